The summed E-state index contributed by atoms with van der Waals surface area (Å²) < 4.78 is 0. The van der Waals surface area contributed by atoms with Crippen molar-refractivity contribution in [2.24, 2.45) is 5.73 Å². The third kappa shape index (κ3) is 5.59. The molecule has 0 bridgehead atoms. The highest BCUT2D eigenvalue weighted by Crippen LogP contribution is 1.92. The first-order valence-electron chi connectivity index (χ1n) is 2.70. The molecule has 0 amide bonds. The van der Waals surface area contributed by atoms with Gasteiger partial charge in [0.1, 0.15) is 6.23 Å². The minimum Gasteiger partial charge on any atom is -0.379 e. The van der Waals surface area contributed by atoms with Gasteiger partial charge in [0.05, 0.1) is 0 Å². The molecule has 0 saturated carbocycles. The summed E-state index contributed by atoms with van der Waals surface area (Å²) in [5.41, 5.74) is 5.01. The molecule has 1 unspecified atom stereocenters. The predicted molar refractivity (Wildman–Crippen MR) is 32.8 cm³/mol. The van der Waals surface area contributed by atoms with Gasteiger partial charge in [-0.1, -0.05) is 0 Å². The molecule has 0 aliphatic carbocycles. The van der Waals surface area contributed by atoms with Gasteiger partial charge in [0.25, 0.3) is 0 Å². The van der Waals surface area contributed by atoms with Gasteiger partial charge in [-0.25, -0.2) is 0 Å². The van der Waals surface area contributed by atoms with Gasteiger partial charge in [-0.05, 0) is 25.5 Å². The van der Waals surface area contributed by atoms with Crippen molar-refractivity contribution >= 4 is 6.21 Å². The Kier molecular flexibility index (Phi) is 4.50. The van der Waals surface area contributed by atoms with E-state index in [-0.39, 0.29) is 0 Å². The minimum atomic E-state index is -0.699. The molecule has 0 heterocycles. The van der Waals surface area contributed by atoms with Gasteiger partial charge in [0.2, 0.25) is 0 Å². The van der Waals surface area contributed by atoms with E-state index in [2.05, 4.69) is 0 Å². The largest absolute Gasteiger partial charge is 0.379 e. The lowest BCUT2D eigenvalue weighted by Gasteiger charge is -1.98. The molecular formula is C5H12N2O. The van der Waals surface area contributed by atoms with E-state index in [1.165, 1.54) is 6.21 Å². The first-order chi connectivity index (χ1) is 3.77. The molecule has 0 saturated heterocycles. The van der Waals surface area contributed by atoms with Crippen LogP contribution in [0.5, 0.6) is 0 Å². The monoisotopic (exact) mass is 116 g/mol. The molecule has 0 radical (unpaired) electrons. The van der Waals surface area contributed by atoms with E-state index >= 15 is 0 Å². The highest BCUT2D eigenvalue weighted by molar-refractivity contribution is 5.52. The standard InChI is InChI=1S/C5H12N2O/c6-4-2-1-3-5(7)8/h4-6,8H,1-3,7H2. The van der Waals surface area contributed by atoms with Crippen LogP contribution in [0, 0.1) is 5.41 Å². The van der Waals surface area contributed by atoms with Crippen LogP contribution < -0.4 is 5.73 Å². The SMILES string of the molecule is N=CCCCC(N)O. The van der Waals surface area contributed by atoms with Gasteiger partial charge in [0, 0.05) is 0 Å². The lowest BCUT2D eigenvalue weighted by Crippen LogP contribution is -2.17. The van der Waals surface area contributed by atoms with Crippen LogP contribution in [-0.2, 0) is 0 Å². The fourth-order valence-electron chi connectivity index (χ4n) is 0.429. The molecular weight excluding hydrogens is 104 g/mol. The molecule has 0 aliphatic rings. The Morgan fingerprint density at radius 2 is 2.38 bits per heavy atom. The summed E-state index contributed by atoms with van der Waals surface area (Å²) in [6.45, 7) is 0. The van der Waals surface area contributed by atoms with Gasteiger partial charge >= 0.3 is 0 Å². The van der Waals surface area contributed by atoms with E-state index in [4.69, 9.17) is 16.2 Å². The lowest BCUT2D eigenvalue weighted by molar-refractivity contribution is 0.170. The molecule has 0 fully saturated rings. The first-order valence-corrected chi connectivity index (χ1v) is 2.70. The van der Waals surface area contributed by atoms with Gasteiger partial charge in [-0.15, -0.1) is 0 Å². The lowest BCUT2D eigenvalue weighted by atomic mass is 10.2. The quantitative estimate of drug-likeness (QED) is 0.276. The Balaban J connectivity index is 2.81. The van der Waals surface area contributed by atoms with Crippen molar-refractivity contribution in [2.75, 3.05) is 0 Å². The fraction of sp³-hybridized carbons (Fsp3) is 0.800. The highest BCUT2D eigenvalue weighted by Gasteiger charge is 1.91. The smallest absolute Gasteiger partial charge is 0.102 e. The zero-order valence-corrected chi connectivity index (χ0v) is 4.80. The number of aliphatic hydroxyl groups is 1. The summed E-state index contributed by atoms with van der Waals surface area (Å²) in [5.74, 6) is 0. The fourth-order valence-corrected chi connectivity index (χ4v) is 0.429. The van der Waals surface area contributed by atoms with Crippen molar-refractivity contribution in [3.8, 4) is 0 Å². The third-order valence-corrected chi connectivity index (χ3v) is 0.848. The Labute approximate surface area is 49.0 Å². The van der Waals surface area contributed by atoms with Crippen LogP contribution in [0.25, 0.3) is 0 Å². The number of unbranched alkanes of at least 4 members (excludes halogenated alkanes) is 1. The highest BCUT2D eigenvalue weighted by atomic mass is 16.3. The van der Waals surface area contributed by atoms with Crippen LogP contribution in [0.3, 0.4) is 0 Å². The molecule has 0 aromatic rings. The molecule has 3 nitrogen and oxygen atoms in total. The number of aliphatic hydroxyl groups excluding tert-OH is 1. The van der Waals surface area contributed by atoms with E-state index in [1.54, 1.807) is 0 Å². The van der Waals surface area contributed by atoms with Crippen molar-refractivity contribution in [3.63, 3.8) is 0 Å². The van der Waals surface area contributed by atoms with Crippen molar-refractivity contribution in [3.05, 3.63) is 0 Å². The molecule has 4 N–H and O–H groups in total. The molecule has 0 aliphatic heterocycles. The average Bonchev–Trinajstić information content (AvgIpc) is 1.66. The predicted octanol–water partition coefficient (Wildman–Crippen LogP) is 0.0834. The molecule has 3 heteroatoms. The van der Waals surface area contributed by atoms with Crippen LogP contribution in [-0.4, -0.2) is 17.5 Å². The van der Waals surface area contributed by atoms with Crippen LogP contribution in [0.2, 0.25) is 0 Å². The van der Waals surface area contributed by atoms with E-state index in [0.29, 0.717) is 12.8 Å². The minimum absolute atomic E-state index is 0.593. The maximum atomic E-state index is 8.48. The van der Waals surface area contributed by atoms with E-state index in [9.17, 15) is 0 Å². The van der Waals surface area contributed by atoms with E-state index in [1.807, 2.05) is 0 Å². The summed E-state index contributed by atoms with van der Waals surface area (Å²) in [7, 11) is 0. The molecule has 48 valence electrons. The summed E-state index contributed by atoms with van der Waals surface area (Å²) in [6.07, 6.45) is 2.74. The van der Waals surface area contributed by atoms with Crippen LogP contribution >= 0.6 is 0 Å². The summed E-state index contributed by atoms with van der Waals surface area (Å²) in [6, 6.07) is 0. The third-order valence-electron chi connectivity index (χ3n) is 0.848. The summed E-state index contributed by atoms with van der Waals surface area (Å²) in [5, 5.41) is 15.1. The van der Waals surface area contributed by atoms with Crippen molar-refractivity contribution in [2.45, 2.75) is 25.5 Å². The summed E-state index contributed by atoms with van der Waals surface area (Å²) in [4.78, 5) is 0. The first kappa shape index (κ1) is 7.59. The zero-order valence-electron chi connectivity index (χ0n) is 4.80. The topological polar surface area (TPSA) is 70.1 Å². The molecule has 0 aromatic carbocycles. The molecule has 1 atom stereocenters. The van der Waals surface area contributed by atoms with Crippen molar-refractivity contribution in [1.29, 1.82) is 5.41 Å². The number of nitrogens with two attached hydrogens (primary N) is 1. The Morgan fingerprint density at radius 3 is 2.75 bits per heavy atom. The van der Waals surface area contributed by atoms with Crippen molar-refractivity contribution < 1.29 is 5.11 Å². The number of hydrogen-bond donors (Lipinski definition) is 3. The molecule has 8 heavy (non-hydrogen) atoms. The Morgan fingerprint density at radius 1 is 1.75 bits per heavy atom. The number of hydrogen-bond acceptors (Lipinski definition) is 3. The van der Waals surface area contributed by atoms with Crippen molar-refractivity contribution in [1.82, 2.24) is 0 Å². The van der Waals surface area contributed by atoms with Gasteiger partial charge < -0.3 is 16.2 Å². The van der Waals surface area contributed by atoms with Gasteiger partial charge in [-0.2, -0.15) is 0 Å². The van der Waals surface area contributed by atoms with Crippen LogP contribution in [0.4, 0.5) is 0 Å². The Bertz CT molecular complexity index is 63.4. The van der Waals surface area contributed by atoms with E-state index < -0.39 is 6.23 Å². The summed E-state index contributed by atoms with van der Waals surface area (Å²) >= 11 is 0. The van der Waals surface area contributed by atoms with Gasteiger partial charge in [-0.3, -0.25) is 0 Å². The van der Waals surface area contributed by atoms with Crippen LogP contribution in [0.15, 0.2) is 0 Å². The number of rotatable bonds is 4. The Hall–Kier alpha value is -0.410. The maximum absolute atomic E-state index is 8.48. The second kappa shape index (κ2) is 4.74. The maximum Gasteiger partial charge on any atom is 0.102 e. The second-order valence-corrected chi connectivity index (χ2v) is 1.70. The molecule has 0 spiro atoms. The zero-order chi connectivity index (χ0) is 6.41. The second-order valence-electron chi connectivity index (χ2n) is 1.70. The molecule has 0 aromatic heterocycles. The van der Waals surface area contributed by atoms with Gasteiger partial charge in [0.15, 0.2) is 0 Å². The average molecular weight is 116 g/mol. The molecule has 0 rings (SSSR count). The number of nitrogens with one attached hydrogen (secondary N) is 1. The van der Waals surface area contributed by atoms with E-state index in [0.717, 1.165) is 6.42 Å². The normalized spacial score (nSPS) is 13.2. The van der Waals surface area contributed by atoms with Crippen LogP contribution in [0.1, 0.15) is 19.3 Å².